The molecule has 0 spiro atoms. The van der Waals surface area contributed by atoms with Crippen molar-refractivity contribution in [2.24, 2.45) is 5.10 Å². The second-order valence-corrected chi connectivity index (χ2v) is 5.92. The molecule has 23 heavy (non-hydrogen) atoms. The second-order valence-electron chi connectivity index (χ2n) is 5.92. The second kappa shape index (κ2) is 7.09. The molecular formula is C19H23N3O. The number of nitrogens with zero attached hydrogens (tertiary/aromatic N) is 2. The monoisotopic (exact) mass is 309 g/mol. The smallest absolute Gasteiger partial charge is 0.271 e. The standard InChI is InChI=1S/C19H23N3O/c1-13-10-16(11-14(2)15(13)3)12-20-21-19(23)17-6-8-18(9-7-17)22(4)5/h6-12H,1-5H3,(H,21,23)/b20-12+. The normalized spacial score (nSPS) is 10.8. The molecule has 120 valence electrons. The van der Waals surface area contributed by atoms with E-state index in [1.54, 1.807) is 18.3 Å². The van der Waals surface area contributed by atoms with E-state index < -0.39 is 0 Å². The summed E-state index contributed by atoms with van der Waals surface area (Å²) in [4.78, 5) is 14.1. The van der Waals surface area contributed by atoms with Crippen LogP contribution >= 0.6 is 0 Å². The highest BCUT2D eigenvalue weighted by Gasteiger charge is 2.04. The molecule has 0 fully saturated rings. The van der Waals surface area contributed by atoms with Gasteiger partial charge in [0.1, 0.15) is 0 Å². The first-order chi connectivity index (χ1) is 10.9. The van der Waals surface area contributed by atoms with E-state index in [-0.39, 0.29) is 5.91 Å². The molecule has 0 atom stereocenters. The van der Waals surface area contributed by atoms with Crippen molar-refractivity contribution in [3.05, 3.63) is 64.2 Å². The Morgan fingerprint density at radius 1 is 1.04 bits per heavy atom. The number of carbonyl (C=O) groups excluding carboxylic acids is 1. The molecule has 0 unspecified atom stereocenters. The van der Waals surface area contributed by atoms with Crippen LogP contribution < -0.4 is 10.3 Å². The first kappa shape index (κ1) is 16.7. The minimum atomic E-state index is -0.216. The highest BCUT2D eigenvalue weighted by molar-refractivity contribution is 5.95. The number of amides is 1. The van der Waals surface area contributed by atoms with Gasteiger partial charge in [0.15, 0.2) is 0 Å². The maximum absolute atomic E-state index is 12.1. The Morgan fingerprint density at radius 2 is 1.61 bits per heavy atom. The van der Waals surface area contributed by atoms with Gasteiger partial charge in [-0.25, -0.2) is 5.43 Å². The number of hydrogen-bond donors (Lipinski definition) is 1. The highest BCUT2D eigenvalue weighted by atomic mass is 16.2. The Morgan fingerprint density at radius 3 is 2.13 bits per heavy atom. The Hall–Kier alpha value is -2.62. The van der Waals surface area contributed by atoms with Crippen LogP contribution in [0.2, 0.25) is 0 Å². The summed E-state index contributed by atoms with van der Waals surface area (Å²) in [5.74, 6) is -0.216. The predicted molar refractivity (Wildman–Crippen MR) is 96.5 cm³/mol. The van der Waals surface area contributed by atoms with E-state index in [9.17, 15) is 4.79 Å². The zero-order valence-electron chi connectivity index (χ0n) is 14.3. The van der Waals surface area contributed by atoms with E-state index in [1.165, 1.54) is 16.7 Å². The average Bonchev–Trinajstić information content (AvgIpc) is 2.52. The quantitative estimate of drug-likeness (QED) is 0.694. The molecule has 0 aliphatic rings. The van der Waals surface area contributed by atoms with Gasteiger partial charge in [-0.1, -0.05) is 12.1 Å². The molecule has 1 amide bonds. The van der Waals surface area contributed by atoms with Gasteiger partial charge >= 0.3 is 0 Å². The van der Waals surface area contributed by atoms with Crippen LogP contribution in [-0.4, -0.2) is 26.2 Å². The van der Waals surface area contributed by atoms with Crippen LogP contribution in [0.3, 0.4) is 0 Å². The summed E-state index contributed by atoms with van der Waals surface area (Å²) in [6.45, 7) is 6.25. The van der Waals surface area contributed by atoms with E-state index in [1.807, 2.05) is 31.1 Å². The molecule has 4 nitrogen and oxygen atoms in total. The fourth-order valence-electron chi connectivity index (χ4n) is 2.28. The van der Waals surface area contributed by atoms with E-state index in [4.69, 9.17) is 0 Å². The molecule has 0 saturated carbocycles. The Labute approximate surface area is 137 Å². The lowest BCUT2D eigenvalue weighted by molar-refractivity contribution is 0.0955. The van der Waals surface area contributed by atoms with E-state index in [0.717, 1.165) is 11.3 Å². The summed E-state index contributed by atoms with van der Waals surface area (Å²) in [6, 6.07) is 11.5. The largest absolute Gasteiger partial charge is 0.378 e. The molecule has 2 aromatic carbocycles. The lowest BCUT2D eigenvalue weighted by Gasteiger charge is -2.12. The molecule has 0 aliphatic carbocycles. The highest BCUT2D eigenvalue weighted by Crippen LogP contribution is 2.14. The molecule has 4 heteroatoms. The van der Waals surface area contributed by atoms with Crippen molar-refractivity contribution in [1.82, 2.24) is 5.43 Å². The molecule has 0 bridgehead atoms. The fourth-order valence-corrected chi connectivity index (χ4v) is 2.28. The van der Waals surface area contributed by atoms with Gasteiger partial charge in [0.05, 0.1) is 6.21 Å². The topological polar surface area (TPSA) is 44.7 Å². The minimum Gasteiger partial charge on any atom is -0.378 e. The SMILES string of the molecule is Cc1cc(/C=N/NC(=O)c2ccc(N(C)C)cc2)cc(C)c1C. The Bertz CT molecular complexity index is 708. The van der Waals surface area contributed by atoms with Crippen LogP contribution in [0.15, 0.2) is 41.5 Å². The van der Waals surface area contributed by atoms with Crippen molar-refractivity contribution in [1.29, 1.82) is 0 Å². The van der Waals surface area contributed by atoms with Gasteiger partial charge in [-0.15, -0.1) is 0 Å². The van der Waals surface area contributed by atoms with Gasteiger partial charge in [0.25, 0.3) is 5.91 Å². The van der Waals surface area contributed by atoms with E-state index in [0.29, 0.717) is 5.56 Å². The first-order valence-electron chi connectivity index (χ1n) is 7.57. The van der Waals surface area contributed by atoms with E-state index in [2.05, 4.69) is 43.4 Å². The fraction of sp³-hybridized carbons (Fsp3) is 0.263. The average molecular weight is 309 g/mol. The van der Waals surface area contributed by atoms with Gasteiger partial charge in [0, 0.05) is 25.3 Å². The third-order valence-electron chi connectivity index (χ3n) is 3.97. The van der Waals surface area contributed by atoms with Crippen molar-refractivity contribution < 1.29 is 4.79 Å². The summed E-state index contributed by atoms with van der Waals surface area (Å²) in [7, 11) is 3.93. The number of anilines is 1. The third kappa shape index (κ3) is 4.19. The van der Waals surface area contributed by atoms with Crippen molar-refractivity contribution >= 4 is 17.8 Å². The summed E-state index contributed by atoms with van der Waals surface area (Å²) in [6.07, 6.45) is 1.67. The predicted octanol–water partition coefficient (Wildman–Crippen LogP) is 3.44. The Balaban J connectivity index is 2.03. The van der Waals surface area contributed by atoms with Crippen LogP contribution in [-0.2, 0) is 0 Å². The van der Waals surface area contributed by atoms with Crippen molar-refractivity contribution in [2.75, 3.05) is 19.0 Å². The minimum absolute atomic E-state index is 0.216. The number of hydrogen-bond acceptors (Lipinski definition) is 3. The number of nitrogens with one attached hydrogen (secondary N) is 1. The number of benzene rings is 2. The first-order valence-corrected chi connectivity index (χ1v) is 7.57. The number of carbonyl (C=O) groups is 1. The number of rotatable bonds is 4. The molecule has 2 aromatic rings. The summed E-state index contributed by atoms with van der Waals surface area (Å²) in [5.41, 5.74) is 8.91. The van der Waals surface area contributed by atoms with Crippen LogP contribution in [0.1, 0.15) is 32.6 Å². The maximum atomic E-state index is 12.1. The van der Waals surface area contributed by atoms with Crippen LogP contribution in [0.25, 0.3) is 0 Å². The molecular weight excluding hydrogens is 286 g/mol. The summed E-state index contributed by atoms with van der Waals surface area (Å²) < 4.78 is 0. The van der Waals surface area contributed by atoms with Crippen molar-refractivity contribution in [3.8, 4) is 0 Å². The number of hydrazone groups is 1. The molecule has 0 aliphatic heterocycles. The summed E-state index contributed by atoms with van der Waals surface area (Å²) >= 11 is 0. The van der Waals surface area contributed by atoms with Gasteiger partial charge in [0.2, 0.25) is 0 Å². The van der Waals surface area contributed by atoms with Gasteiger partial charge in [-0.05, 0) is 67.3 Å². The van der Waals surface area contributed by atoms with Gasteiger partial charge in [-0.2, -0.15) is 5.10 Å². The zero-order chi connectivity index (χ0) is 17.0. The van der Waals surface area contributed by atoms with E-state index >= 15 is 0 Å². The van der Waals surface area contributed by atoms with Crippen LogP contribution in [0.5, 0.6) is 0 Å². The lowest BCUT2D eigenvalue weighted by atomic mass is 10.0. The van der Waals surface area contributed by atoms with Gasteiger partial charge < -0.3 is 4.90 Å². The number of aryl methyl sites for hydroxylation is 2. The molecule has 1 N–H and O–H groups in total. The van der Waals surface area contributed by atoms with Crippen molar-refractivity contribution in [3.63, 3.8) is 0 Å². The lowest BCUT2D eigenvalue weighted by Crippen LogP contribution is -2.18. The van der Waals surface area contributed by atoms with Crippen LogP contribution in [0.4, 0.5) is 5.69 Å². The Kier molecular flexibility index (Phi) is 5.16. The molecule has 2 rings (SSSR count). The zero-order valence-corrected chi connectivity index (χ0v) is 14.3. The third-order valence-corrected chi connectivity index (χ3v) is 3.97. The van der Waals surface area contributed by atoms with Gasteiger partial charge in [-0.3, -0.25) is 4.79 Å². The molecule has 0 radical (unpaired) electrons. The molecule has 0 heterocycles. The molecule has 0 saturated heterocycles. The van der Waals surface area contributed by atoms with Crippen LogP contribution in [0, 0.1) is 20.8 Å². The summed E-state index contributed by atoms with van der Waals surface area (Å²) in [5, 5.41) is 4.05. The molecule has 0 aromatic heterocycles. The maximum Gasteiger partial charge on any atom is 0.271 e. The van der Waals surface area contributed by atoms with Crippen molar-refractivity contribution in [2.45, 2.75) is 20.8 Å².